The Morgan fingerprint density at radius 2 is 1.20 bits per heavy atom. The van der Waals surface area contributed by atoms with Crippen molar-refractivity contribution in [1.82, 2.24) is 28.9 Å². The first-order valence-electron chi connectivity index (χ1n) is 19.1. The van der Waals surface area contributed by atoms with Crippen LogP contribution < -0.4 is 4.74 Å². The monoisotopic (exact) mass is 658 g/mol. The van der Waals surface area contributed by atoms with Gasteiger partial charge in [-0.1, -0.05) is 31.7 Å². The van der Waals surface area contributed by atoms with Crippen LogP contribution in [0.2, 0.25) is 0 Å². The first-order valence-corrected chi connectivity index (χ1v) is 19.1. The van der Waals surface area contributed by atoms with Crippen LogP contribution >= 0.6 is 0 Å². The molecule has 4 heterocycles. The number of fused-ring (bicyclic) bond motifs is 2. The molecule has 7 nitrogen and oxygen atoms in total. The zero-order valence-corrected chi connectivity index (χ0v) is 30.1. The Bertz CT molecular complexity index is 1810. The molecule has 6 aliphatic rings. The molecule has 2 saturated carbocycles. The molecule has 2 aromatic carbocycles. The Kier molecular flexibility index (Phi) is 7.80. The fourth-order valence-electron chi connectivity index (χ4n) is 12.0. The van der Waals surface area contributed by atoms with Crippen LogP contribution in [-0.2, 0) is 23.7 Å². The van der Waals surface area contributed by atoms with E-state index in [1.807, 2.05) is 31.2 Å². The van der Waals surface area contributed by atoms with E-state index < -0.39 is 0 Å². The van der Waals surface area contributed by atoms with Gasteiger partial charge in [0.15, 0.2) is 0 Å². The van der Waals surface area contributed by atoms with Gasteiger partial charge in [0.2, 0.25) is 0 Å². The molecule has 4 aromatic rings. The summed E-state index contributed by atoms with van der Waals surface area (Å²) in [6.07, 6.45) is 27.8. The minimum atomic E-state index is 0.379. The van der Waals surface area contributed by atoms with Gasteiger partial charge in [0, 0.05) is 53.4 Å². The molecule has 4 fully saturated rings. The van der Waals surface area contributed by atoms with Gasteiger partial charge in [-0.05, 0) is 143 Å². The lowest BCUT2D eigenvalue weighted by Crippen LogP contribution is -2.59. The Morgan fingerprint density at radius 1 is 0.673 bits per heavy atom. The fraction of sp³-hybridized carbons (Fsp3) is 0.571. The number of hydrogen-bond donors (Lipinski definition) is 0. The summed E-state index contributed by atoms with van der Waals surface area (Å²) in [7, 11) is 6.46. The third kappa shape index (κ3) is 4.89. The number of imidazole rings is 2. The average molecular weight is 659 g/mol. The van der Waals surface area contributed by atoms with Gasteiger partial charge in [0.1, 0.15) is 5.75 Å². The predicted molar refractivity (Wildman–Crippen MR) is 195 cm³/mol. The van der Waals surface area contributed by atoms with Crippen molar-refractivity contribution in [3.63, 3.8) is 0 Å². The summed E-state index contributed by atoms with van der Waals surface area (Å²) in [5, 5.41) is 0. The molecular formula is C42H54N6O. The Morgan fingerprint density at radius 3 is 1.73 bits per heavy atom. The number of hydrogen-bond acceptors (Lipinski definition) is 5. The SMILES string of the molecule is COc1cc2c(cc1-n1ccnc1)C[C@H]1[C@H]3CCCC[C@@]23CCN1C.Cc1cc2c(cc1-n1ccnc1)C[C@H]1[C@H]3CCCC[C@@]23CCN1C. The third-order valence-electron chi connectivity index (χ3n) is 14.4. The summed E-state index contributed by atoms with van der Waals surface area (Å²) < 4.78 is 10.1. The van der Waals surface area contributed by atoms with Gasteiger partial charge < -0.3 is 23.7 Å². The lowest BCUT2D eigenvalue weighted by Gasteiger charge is -2.58. The van der Waals surface area contributed by atoms with E-state index in [1.165, 1.54) is 107 Å². The Hall–Kier alpha value is -3.42. The van der Waals surface area contributed by atoms with Crippen molar-refractivity contribution in [1.29, 1.82) is 0 Å². The zero-order chi connectivity index (χ0) is 33.3. The van der Waals surface area contributed by atoms with Crippen molar-refractivity contribution >= 4 is 0 Å². The molecule has 0 N–H and O–H groups in total. The molecular weight excluding hydrogens is 605 g/mol. The van der Waals surface area contributed by atoms with Gasteiger partial charge in [-0.25, -0.2) is 9.97 Å². The van der Waals surface area contributed by atoms with E-state index in [0.29, 0.717) is 16.9 Å². The lowest BCUT2D eigenvalue weighted by molar-refractivity contribution is 0.00273. The molecule has 6 atom stereocenters. The van der Waals surface area contributed by atoms with Crippen LogP contribution in [0.25, 0.3) is 11.4 Å². The number of likely N-dealkylation sites (tertiary alicyclic amines) is 2. The van der Waals surface area contributed by atoms with Gasteiger partial charge in [-0.15, -0.1) is 0 Å². The molecule has 4 aliphatic carbocycles. The first kappa shape index (κ1) is 31.6. The van der Waals surface area contributed by atoms with Crippen LogP contribution in [0, 0.1) is 18.8 Å². The van der Waals surface area contributed by atoms with Gasteiger partial charge in [0.25, 0.3) is 0 Å². The second kappa shape index (κ2) is 12.1. The molecule has 258 valence electrons. The van der Waals surface area contributed by atoms with E-state index >= 15 is 0 Å². The van der Waals surface area contributed by atoms with Gasteiger partial charge in [-0.3, -0.25) is 0 Å². The van der Waals surface area contributed by atoms with Crippen molar-refractivity contribution in [2.75, 3.05) is 34.3 Å². The standard InChI is InChI=1S/C21H27N3O.C21H27N3/c1-23-9-7-21-6-4-3-5-16(21)18(23)11-15-12-19(24-10-8-22-14-24)20(25-2)13-17(15)21;1-15-11-18-16(12-19(15)24-10-8-22-14-24)13-20-17-5-3-4-6-21(17,18)7-9-23(20)2/h8,10,12-14,16,18H,3-7,9,11H2,1-2H3;8,10-12,14,17,20H,3-7,9,13H2,1-2H3/t16-,18+,21+;17-,20+,21+/m11/s1. The van der Waals surface area contributed by atoms with Gasteiger partial charge in [0.05, 0.1) is 25.5 Å². The predicted octanol–water partition coefficient (Wildman–Crippen LogP) is 7.44. The highest BCUT2D eigenvalue weighted by molar-refractivity contribution is 5.57. The van der Waals surface area contributed by atoms with Crippen LogP contribution in [0.4, 0.5) is 0 Å². The highest BCUT2D eigenvalue weighted by Gasteiger charge is 2.54. The second-order valence-corrected chi connectivity index (χ2v) is 16.4. The van der Waals surface area contributed by atoms with E-state index in [9.17, 15) is 0 Å². The number of ether oxygens (including phenoxy) is 1. The van der Waals surface area contributed by atoms with Gasteiger partial charge in [-0.2, -0.15) is 0 Å². The zero-order valence-electron chi connectivity index (χ0n) is 30.1. The van der Waals surface area contributed by atoms with Gasteiger partial charge >= 0.3 is 0 Å². The van der Waals surface area contributed by atoms with E-state index in [2.05, 4.69) is 80.4 Å². The summed E-state index contributed by atoms with van der Waals surface area (Å²) in [5.41, 5.74) is 11.1. The smallest absolute Gasteiger partial charge is 0.143 e. The Labute approximate surface area is 292 Å². The third-order valence-corrected chi connectivity index (χ3v) is 14.4. The number of likely N-dealkylation sites (N-methyl/N-ethyl adjacent to an activating group) is 2. The van der Waals surface area contributed by atoms with Crippen LogP contribution in [0.3, 0.4) is 0 Å². The van der Waals surface area contributed by atoms with Crippen molar-refractivity contribution in [2.45, 2.75) is 107 Å². The van der Waals surface area contributed by atoms with E-state index in [1.54, 1.807) is 23.8 Å². The summed E-state index contributed by atoms with van der Waals surface area (Å²) in [6, 6.07) is 11.2. The highest BCUT2D eigenvalue weighted by Crippen LogP contribution is 2.57. The number of methoxy groups -OCH3 is 1. The minimum Gasteiger partial charge on any atom is -0.495 e. The molecule has 10 rings (SSSR count). The minimum absolute atomic E-state index is 0.379. The molecule has 49 heavy (non-hydrogen) atoms. The normalized spacial score (nSPS) is 31.8. The summed E-state index contributed by atoms with van der Waals surface area (Å²) >= 11 is 0. The van der Waals surface area contributed by atoms with Crippen LogP contribution in [0.5, 0.6) is 5.75 Å². The highest BCUT2D eigenvalue weighted by atomic mass is 16.5. The van der Waals surface area contributed by atoms with Crippen molar-refractivity contribution in [3.05, 3.63) is 89.5 Å². The van der Waals surface area contributed by atoms with E-state index in [0.717, 1.165) is 29.3 Å². The van der Waals surface area contributed by atoms with Crippen molar-refractivity contribution < 1.29 is 4.74 Å². The molecule has 0 unspecified atom stereocenters. The molecule has 0 radical (unpaired) electrons. The molecule has 4 bridgehead atoms. The van der Waals surface area contributed by atoms with E-state index in [-0.39, 0.29) is 0 Å². The summed E-state index contributed by atoms with van der Waals surface area (Å²) in [5.74, 6) is 2.67. The topological polar surface area (TPSA) is 51.4 Å². The number of piperidine rings is 2. The summed E-state index contributed by atoms with van der Waals surface area (Å²) in [6.45, 7) is 4.76. The molecule has 2 saturated heterocycles. The van der Waals surface area contributed by atoms with Crippen LogP contribution in [0.15, 0.2) is 61.7 Å². The second-order valence-electron chi connectivity index (χ2n) is 16.4. The van der Waals surface area contributed by atoms with Crippen LogP contribution in [0.1, 0.15) is 92.0 Å². The maximum Gasteiger partial charge on any atom is 0.143 e. The number of aryl methyl sites for hydroxylation is 1. The maximum atomic E-state index is 5.81. The Balaban J connectivity index is 0.000000133. The van der Waals surface area contributed by atoms with Crippen molar-refractivity contribution in [3.8, 4) is 17.1 Å². The average Bonchev–Trinajstić information content (AvgIpc) is 3.87. The molecule has 2 aromatic heterocycles. The quantitative estimate of drug-likeness (QED) is 0.229. The molecule has 2 aliphatic heterocycles. The number of rotatable bonds is 3. The van der Waals surface area contributed by atoms with Crippen molar-refractivity contribution in [2.24, 2.45) is 11.8 Å². The molecule has 0 amide bonds. The van der Waals surface area contributed by atoms with E-state index in [4.69, 9.17) is 4.74 Å². The lowest BCUT2D eigenvalue weighted by atomic mass is 9.52. The summed E-state index contributed by atoms with van der Waals surface area (Å²) in [4.78, 5) is 13.7. The number of nitrogens with zero attached hydrogens (tertiary/aromatic N) is 6. The molecule has 7 heteroatoms. The van der Waals surface area contributed by atoms with Crippen LogP contribution in [-0.4, -0.2) is 75.3 Å². The number of benzene rings is 2. The fourth-order valence-corrected chi connectivity index (χ4v) is 12.0. The molecule has 0 spiro atoms. The largest absolute Gasteiger partial charge is 0.495 e. The maximum absolute atomic E-state index is 5.81. The first-order chi connectivity index (χ1) is 23.9. The number of aromatic nitrogens is 4.